The monoisotopic (exact) mass is 376 g/mol. The van der Waals surface area contributed by atoms with E-state index in [1.165, 1.54) is 7.11 Å². The summed E-state index contributed by atoms with van der Waals surface area (Å²) in [6.07, 6.45) is 3.95. The number of hydrogen-bond acceptors (Lipinski definition) is 4. The van der Waals surface area contributed by atoms with Crippen molar-refractivity contribution in [2.24, 2.45) is 13.0 Å². The number of amides is 1. The molecule has 0 aliphatic heterocycles. The van der Waals surface area contributed by atoms with E-state index < -0.39 is 12.0 Å². The number of Topliss-reactive ketones (excluding diaryl/α,β-unsaturated/α-hetero) is 1. The van der Waals surface area contributed by atoms with Crippen LogP contribution in [-0.2, 0) is 16.6 Å². The summed E-state index contributed by atoms with van der Waals surface area (Å²) in [4.78, 5) is 40.3. The van der Waals surface area contributed by atoms with Crippen molar-refractivity contribution < 1.29 is 19.1 Å². The molecule has 6 nitrogen and oxygen atoms in total. The molecule has 0 spiro atoms. The molecule has 1 aliphatic carbocycles. The Bertz CT molecular complexity index is 742. The van der Waals surface area contributed by atoms with Gasteiger partial charge >= 0.3 is 5.97 Å². The molecule has 1 atom stereocenters. The summed E-state index contributed by atoms with van der Waals surface area (Å²) in [5, 5.41) is 0. The second kappa shape index (κ2) is 8.28. The number of rotatable bonds is 6. The third kappa shape index (κ3) is 3.80. The van der Waals surface area contributed by atoms with E-state index in [1.807, 2.05) is 20.8 Å². The first kappa shape index (κ1) is 21.2. The summed E-state index contributed by atoms with van der Waals surface area (Å²) in [5.41, 5.74) is 2.21. The van der Waals surface area contributed by atoms with Crippen molar-refractivity contribution in [3.8, 4) is 0 Å². The molecule has 1 unspecified atom stereocenters. The summed E-state index contributed by atoms with van der Waals surface area (Å²) < 4.78 is 6.56. The van der Waals surface area contributed by atoms with Gasteiger partial charge in [-0.3, -0.25) is 9.59 Å². The number of ketones is 1. The maximum atomic E-state index is 13.4. The summed E-state index contributed by atoms with van der Waals surface area (Å²) in [6.45, 7) is 9.26. The maximum Gasteiger partial charge on any atom is 0.354 e. The van der Waals surface area contributed by atoms with E-state index in [1.54, 1.807) is 30.4 Å². The lowest BCUT2D eigenvalue weighted by molar-refractivity contribution is -0.138. The van der Waals surface area contributed by atoms with E-state index in [-0.39, 0.29) is 23.7 Å². The fraction of sp³-hybridized carbons (Fsp3) is 0.667. The summed E-state index contributed by atoms with van der Waals surface area (Å²) in [5.74, 6) is -0.502. The first-order valence-electron chi connectivity index (χ1n) is 9.74. The highest BCUT2D eigenvalue weighted by molar-refractivity contribution is 6.06. The fourth-order valence-corrected chi connectivity index (χ4v) is 4.34. The van der Waals surface area contributed by atoms with Gasteiger partial charge in [0, 0.05) is 30.3 Å². The van der Waals surface area contributed by atoms with Crippen LogP contribution in [0.2, 0.25) is 0 Å². The quantitative estimate of drug-likeness (QED) is 0.563. The number of esters is 1. The number of carbonyl (C=O) groups is 3. The van der Waals surface area contributed by atoms with Gasteiger partial charge in [0.2, 0.25) is 5.91 Å². The lowest BCUT2D eigenvalue weighted by Gasteiger charge is -2.34. The SMILES string of the molecule is COC(=O)c1c(C)c(C(=O)C(C)N(C(=O)C2CCCC2)C(C)C)c(C)n1C. The third-order valence-electron chi connectivity index (χ3n) is 5.87. The van der Waals surface area contributed by atoms with Gasteiger partial charge in [-0.2, -0.15) is 0 Å². The number of ether oxygens (including phenoxy) is 1. The zero-order valence-electron chi connectivity index (χ0n) is 17.6. The van der Waals surface area contributed by atoms with Gasteiger partial charge in [0.1, 0.15) is 5.69 Å². The Morgan fingerprint density at radius 2 is 1.67 bits per heavy atom. The van der Waals surface area contributed by atoms with Gasteiger partial charge in [0.25, 0.3) is 0 Å². The summed E-state index contributed by atoms with van der Waals surface area (Å²) in [6, 6.07) is -0.648. The van der Waals surface area contributed by atoms with E-state index in [0.717, 1.165) is 25.7 Å². The van der Waals surface area contributed by atoms with Gasteiger partial charge < -0.3 is 14.2 Å². The Morgan fingerprint density at radius 3 is 2.15 bits per heavy atom. The average molecular weight is 376 g/mol. The molecule has 0 aromatic carbocycles. The molecular formula is C21H32N2O4. The van der Waals surface area contributed by atoms with Crippen molar-refractivity contribution in [2.75, 3.05) is 7.11 Å². The average Bonchev–Trinajstić information content (AvgIpc) is 3.22. The predicted molar refractivity (Wildman–Crippen MR) is 104 cm³/mol. The van der Waals surface area contributed by atoms with Crippen LogP contribution in [0.25, 0.3) is 0 Å². The zero-order valence-corrected chi connectivity index (χ0v) is 17.6. The summed E-state index contributed by atoms with van der Waals surface area (Å²) >= 11 is 0. The van der Waals surface area contributed by atoms with Crippen molar-refractivity contribution in [1.82, 2.24) is 9.47 Å². The zero-order chi connectivity index (χ0) is 20.5. The van der Waals surface area contributed by atoms with Crippen molar-refractivity contribution in [3.63, 3.8) is 0 Å². The highest BCUT2D eigenvalue weighted by Gasteiger charge is 2.36. The first-order valence-corrected chi connectivity index (χ1v) is 9.74. The number of carbonyl (C=O) groups excluding carboxylic acids is 3. The van der Waals surface area contributed by atoms with Gasteiger partial charge in [0.05, 0.1) is 13.2 Å². The van der Waals surface area contributed by atoms with Crippen molar-refractivity contribution in [1.29, 1.82) is 0 Å². The number of aromatic nitrogens is 1. The Labute approximate surface area is 161 Å². The van der Waals surface area contributed by atoms with Crippen LogP contribution in [0.15, 0.2) is 0 Å². The van der Waals surface area contributed by atoms with Gasteiger partial charge in [0.15, 0.2) is 5.78 Å². The standard InChI is InChI=1S/C21H32N2O4/c1-12(2)23(20(25)16-10-8-9-11-16)15(5)19(24)17-13(3)18(21(26)27-7)22(6)14(17)4/h12,15-16H,8-11H2,1-7H3. The van der Waals surface area contributed by atoms with Crippen molar-refractivity contribution in [2.45, 2.75) is 72.4 Å². The molecule has 27 heavy (non-hydrogen) atoms. The van der Waals surface area contributed by atoms with Crippen LogP contribution in [0.5, 0.6) is 0 Å². The molecule has 1 aromatic heterocycles. The predicted octanol–water partition coefficient (Wildman–Crippen LogP) is 3.43. The molecule has 0 saturated heterocycles. The van der Waals surface area contributed by atoms with Crippen molar-refractivity contribution >= 4 is 17.7 Å². The largest absolute Gasteiger partial charge is 0.464 e. The molecule has 0 radical (unpaired) electrons. The first-order chi connectivity index (χ1) is 12.6. The Balaban J connectivity index is 2.40. The Hall–Kier alpha value is -2.11. The molecule has 1 amide bonds. The van der Waals surface area contributed by atoms with Crippen LogP contribution in [0.1, 0.15) is 78.6 Å². The highest BCUT2D eigenvalue weighted by Crippen LogP contribution is 2.30. The van der Waals surface area contributed by atoms with E-state index in [9.17, 15) is 14.4 Å². The van der Waals surface area contributed by atoms with Crippen LogP contribution in [0, 0.1) is 19.8 Å². The minimum absolute atomic E-state index is 0.0197. The van der Waals surface area contributed by atoms with Gasteiger partial charge in [-0.15, -0.1) is 0 Å². The molecule has 1 fully saturated rings. The minimum atomic E-state index is -0.580. The molecule has 150 valence electrons. The van der Waals surface area contributed by atoms with E-state index in [2.05, 4.69) is 0 Å². The minimum Gasteiger partial charge on any atom is -0.464 e. The molecule has 1 heterocycles. The molecule has 1 saturated carbocycles. The molecule has 6 heteroatoms. The van der Waals surface area contributed by atoms with Crippen LogP contribution < -0.4 is 0 Å². The van der Waals surface area contributed by atoms with E-state index in [4.69, 9.17) is 4.74 Å². The molecule has 2 rings (SSSR count). The van der Waals surface area contributed by atoms with Gasteiger partial charge in [-0.1, -0.05) is 12.8 Å². The van der Waals surface area contributed by atoms with Crippen molar-refractivity contribution in [3.05, 3.63) is 22.5 Å². The van der Waals surface area contributed by atoms with E-state index >= 15 is 0 Å². The highest BCUT2D eigenvalue weighted by atomic mass is 16.5. The third-order valence-corrected chi connectivity index (χ3v) is 5.87. The van der Waals surface area contributed by atoms with E-state index in [0.29, 0.717) is 22.5 Å². The van der Waals surface area contributed by atoms with Crippen LogP contribution >= 0.6 is 0 Å². The second-order valence-electron chi connectivity index (χ2n) is 7.85. The second-order valence-corrected chi connectivity index (χ2v) is 7.85. The Morgan fingerprint density at radius 1 is 1.11 bits per heavy atom. The number of methoxy groups -OCH3 is 1. The smallest absolute Gasteiger partial charge is 0.354 e. The van der Waals surface area contributed by atoms with Crippen LogP contribution in [0.3, 0.4) is 0 Å². The lowest BCUT2D eigenvalue weighted by Crippen LogP contribution is -2.49. The molecule has 1 aliphatic rings. The normalized spacial score (nSPS) is 15.9. The van der Waals surface area contributed by atoms with Crippen LogP contribution in [0.4, 0.5) is 0 Å². The fourth-order valence-electron chi connectivity index (χ4n) is 4.34. The Kier molecular flexibility index (Phi) is 6.50. The number of nitrogens with zero attached hydrogens (tertiary/aromatic N) is 2. The number of hydrogen-bond donors (Lipinski definition) is 0. The van der Waals surface area contributed by atoms with Gasteiger partial charge in [-0.25, -0.2) is 4.79 Å². The maximum absolute atomic E-state index is 13.4. The molecule has 0 bridgehead atoms. The van der Waals surface area contributed by atoms with Crippen LogP contribution in [-0.4, -0.2) is 46.3 Å². The topological polar surface area (TPSA) is 68.6 Å². The lowest BCUT2D eigenvalue weighted by atomic mass is 9.97. The molecule has 1 aromatic rings. The molecule has 0 N–H and O–H groups in total. The summed E-state index contributed by atoms with van der Waals surface area (Å²) in [7, 11) is 3.08. The van der Waals surface area contributed by atoms with Gasteiger partial charge in [-0.05, 0) is 53.0 Å². The molecular weight excluding hydrogens is 344 g/mol.